The van der Waals surface area contributed by atoms with Crippen LogP contribution in [0.1, 0.15) is 12.0 Å². The average molecular weight is 484 g/mol. The SMILES string of the molecule is C=CC(=O)N1CCC(N)C1.COc1cnc2nc(-c3ccc4c(c3)OCC4)c(-c3ccccc3)n2c1. The van der Waals surface area contributed by atoms with Crippen molar-refractivity contribution >= 4 is 11.7 Å². The number of likely N-dealkylation sites (tertiary alicyclic amines) is 1. The van der Waals surface area contributed by atoms with Gasteiger partial charge in [-0.2, -0.15) is 0 Å². The van der Waals surface area contributed by atoms with Gasteiger partial charge in [0.25, 0.3) is 0 Å². The van der Waals surface area contributed by atoms with Gasteiger partial charge in [-0.25, -0.2) is 9.97 Å². The normalized spacial score (nSPS) is 16.2. The van der Waals surface area contributed by atoms with Crippen LogP contribution >= 0.6 is 0 Å². The molecule has 0 aliphatic carbocycles. The molecule has 0 saturated carbocycles. The van der Waals surface area contributed by atoms with Crippen LogP contribution in [-0.2, 0) is 11.2 Å². The molecule has 0 bridgehead atoms. The third kappa shape index (κ3) is 4.67. The fourth-order valence-electron chi connectivity index (χ4n) is 4.52. The zero-order valence-corrected chi connectivity index (χ0v) is 20.3. The fourth-order valence-corrected chi connectivity index (χ4v) is 4.52. The maximum Gasteiger partial charge on any atom is 0.246 e. The number of hydrogen-bond donors (Lipinski definition) is 1. The van der Waals surface area contributed by atoms with Gasteiger partial charge in [0.15, 0.2) is 5.75 Å². The van der Waals surface area contributed by atoms with E-state index in [9.17, 15) is 4.79 Å². The van der Waals surface area contributed by atoms with Crippen molar-refractivity contribution in [2.45, 2.75) is 18.9 Å². The number of carbonyl (C=O) groups excluding carboxylic acids is 1. The topological polar surface area (TPSA) is 95.0 Å². The molecule has 2 aliphatic rings. The second-order valence-electron chi connectivity index (χ2n) is 8.80. The van der Waals surface area contributed by atoms with Crippen LogP contribution in [0.3, 0.4) is 0 Å². The molecule has 6 rings (SSSR count). The third-order valence-corrected chi connectivity index (χ3v) is 6.42. The highest BCUT2D eigenvalue weighted by Crippen LogP contribution is 2.36. The first-order chi connectivity index (χ1) is 17.6. The smallest absolute Gasteiger partial charge is 0.246 e. The van der Waals surface area contributed by atoms with Crippen LogP contribution in [0.25, 0.3) is 28.3 Å². The van der Waals surface area contributed by atoms with Crippen molar-refractivity contribution in [1.82, 2.24) is 19.3 Å². The van der Waals surface area contributed by atoms with Gasteiger partial charge in [0.2, 0.25) is 11.7 Å². The summed E-state index contributed by atoms with van der Waals surface area (Å²) >= 11 is 0. The highest BCUT2D eigenvalue weighted by molar-refractivity contribution is 5.87. The molecule has 184 valence electrons. The standard InChI is InChI=1S/C21H17N3O2.C7H12N2O/c1-25-17-12-22-21-23-19(16-8-7-14-9-10-26-18(14)11-16)20(24(21)13-17)15-5-3-2-4-6-15;1-2-7(10)9-4-3-6(8)5-9/h2-8,11-13H,9-10H2,1H3;2,6H,1,3-5,8H2. The van der Waals surface area contributed by atoms with Gasteiger partial charge in [-0.1, -0.05) is 49.0 Å². The molecular formula is C28H29N5O3. The lowest BCUT2D eigenvalue weighted by Gasteiger charge is -2.11. The molecule has 0 spiro atoms. The molecule has 8 heteroatoms. The number of methoxy groups -OCH3 is 1. The summed E-state index contributed by atoms with van der Waals surface area (Å²) in [6.45, 7) is 5.61. The predicted molar refractivity (Wildman–Crippen MR) is 139 cm³/mol. The minimum atomic E-state index is -0.00653. The summed E-state index contributed by atoms with van der Waals surface area (Å²) in [7, 11) is 1.64. The molecule has 36 heavy (non-hydrogen) atoms. The third-order valence-electron chi connectivity index (χ3n) is 6.42. The van der Waals surface area contributed by atoms with Gasteiger partial charge in [-0.05, 0) is 24.1 Å². The number of imidazole rings is 1. The number of fused-ring (bicyclic) bond motifs is 2. The van der Waals surface area contributed by atoms with E-state index >= 15 is 0 Å². The maximum atomic E-state index is 10.9. The Balaban J connectivity index is 0.000000226. The van der Waals surface area contributed by atoms with E-state index in [0.29, 0.717) is 18.1 Å². The predicted octanol–water partition coefficient (Wildman–Crippen LogP) is 3.74. The lowest BCUT2D eigenvalue weighted by Crippen LogP contribution is -2.30. The Bertz CT molecular complexity index is 1400. The lowest BCUT2D eigenvalue weighted by atomic mass is 10.0. The molecule has 0 radical (unpaired) electrons. The van der Waals surface area contributed by atoms with Crippen LogP contribution in [0.5, 0.6) is 11.5 Å². The molecule has 4 aromatic rings. The Labute approximate surface area is 210 Å². The van der Waals surface area contributed by atoms with Crippen molar-refractivity contribution < 1.29 is 14.3 Å². The molecule has 8 nitrogen and oxygen atoms in total. The quantitative estimate of drug-likeness (QED) is 0.445. The molecule has 1 fully saturated rings. The molecule has 2 aromatic heterocycles. The Morgan fingerprint density at radius 3 is 2.78 bits per heavy atom. The molecule has 2 aromatic carbocycles. The van der Waals surface area contributed by atoms with Crippen molar-refractivity contribution in [3.05, 3.63) is 79.1 Å². The van der Waals surface area contributed by atoms with Crippen molar-refractivity contribution in [3.8, 4) is 34.0 Å². The monoisotopic (exact) mass is 483 g/mol. The number of carbonyl (C=O) groups is 1. The van der Waals surface area contributed by atoms with Crippen LogP contribution in [0.2, 0.25) is 0 Å². The number of nitrogens with two attached hydrogens (primary N) is 1. The number of nitrogens with zero attached hydrogens (tertiary/aromatic N) is 4. The second kappa shape index (κ2) is 10.2. The van der Waals surface area contributed by atoms with Crippen molar-refractivity contribution in [3.63, 3.8) is 0 Å². The molecule has 2 aliphatic heterocycles. The van der Waals surface area contributed by atoms with E-state index in [4.69, 9.17) is 20.2 Å². The van der Waals surface area contributed by atoms with Crippen LogP contribution in [0, 0.1) is 0 Å². The summed E-state index contributed by atoms with van der Waals surface area (Å²) in [4.78, 5) is 21.9. The first kappa shape index (κ1) is 23.6. The minimum absolute atomic E-state index is 0.00653. The van der Waals surface area contributed by atoms with E-state index in [2.05, 4.69) is 41.9 Å². The van der Waals surface area contributed by atoms with E-state index in [0.717, 1.165) is 54.3 Å². The van der Waals surface area contributed by atoms with Gasteiger partial charge in [0.1, 0.15) is 5.75 Å². The summed E-state index contributed by atoms with van der Waals surface area (Å²) in [6.07, 6.45) is 6.82. The van der Waals surface area contributed by atoms with Crippen molar-refractivity contribution in [2.75, 3.05) is 26.8 Å². The Hall–Kier alpha value is -4.17. The fraction of sp³-hybridized carbons (Fsp3) is 0.250. The first-order valence-corrected chi connectivity index (χ1v) is 12.0. The van der Waals surface area contributed by atoms with Gasteiger partial charge >= 0.3 is 0 Å². The van der Waals surface area contributed by atoms with Crippen LogP contribution in [0.15, 0.2) is 73.6 Å². The summed E-state index contributed by atoms with van der Waals surface area (Å²) in [5, 5.41) is 0. The summed E-state index contributed by atoms with van der Waals surface area (Å²) in [5.41, 5.74) is 10.8. The van der Waals surface area contributed by atoms with Crippen molar-refractivity contribution in [1.29, 1.82) is 0 Å². The van der Waals surface area contributed by atoms with Crippen LogP contribution in [0.4, 0.5) is 0 Å². The van der Waals surface area contributed by atoms with E-state index in [1.807, 2.05) is 28.8 Å². The van der Waals surface area contributed by atoms with Crippen LogP contribution < -0.4 is 15.2 Å². The zero-order valence-electron chi connectivity index (χ0n) is 20.3. The number of rotatable bonds is 4. The highest BCUT2D eigenvalue weighted by Gasteiger charge is 2.21. The Morgan fingerprint density at radius 2 is 2.06 bits per heavy atom. The summed E-state index contributed by atoms with van der Waals surface area (Å²) < 4.78 is 13.1. The Morgan fingerprint density at radius 1 is 1.22 bits per heavy atom. The maximum absolute atomic E-state index is 10.9. The van der Waals surface area contributed by atoms with Gasteiger partial charge < -0.3 is 20.1 Å². The van der Waals surface area contributed by atoms with Crippen molar-refractivity contribution in [2.24, 2.45) is 5.73 Å². The number of benzene rings is 2. The summed E-state index contributed by atoms with van der Waals surface area (Å²) in [5.74, 6) is 2.27. The average Bonchev–Trinajstić information content (AvgIpc) is 3.66. The zero-order chi connectivity index (χ0) is 25.1. The van der Waals surface area contributed by atoms with E-state index in [-0.39, 0.29) is 11.9 Å². The van der Waals surface area contributed by atoms with Crippen LogP contribution in [-0.4, -0.2) is 58.0 Å². The van der Waals surface area contributed by atoms with Gasteiger partial charge in [0, 0.05) is 36.7 Å². The highest BCUT2D eigenvalue weighted by atomic mass is 16.5. The number of ether oxygens (including phenoxy) is 2. The molecule has 4 heterocycles. The number of amides is 1. The van der Waals surface area contributed by atoms with E-state index in [1.54, 1.807) is 18.2 Å². The molecule has 2 N–H and O–H groups in total. The van der Waals surface area contributed by atoms with E-state index in [1.165, 1.54) is 11.6 Å². The second-order valence-corrected chi connectivity index (χ2v) is 8.80. The van der Waals surface area contributed by atoms with Gasteiger partial charge in [-0.3, -0.25) is 9.20 Å². The summed E-state index contributed by atoms with van der Waals surface area (Å²) in [6, 6.07) is 16.7. The van der Waals surface area contributed by atoms with Gasteiger partial charge in [-0.15, -0.1) is 0 Å². The molecule has 1 amide bonds. The first-order valence-electron chi connectivity index (χ1n) is 12.0. The number of aromatic nitrogens is 3. The minimum Gasteiger partial charge on any atom is -0.494 e. The Kier molecular flexibility index (Phi) is 6.69. The largest absolute Gasteiger partial charge is 0.494 e. The lowest BCUT2D eigenvalue weighted by molar-refractivity contribution is -0.125. The van der Waals surface area contributed by atoms with E-state index < -0.39 is 0 Å². The van der Waals surface area contributed by atoms with Gasteiger partial charge in [0.05, 0.1) is 37.5 Å². The molecular weight excluding hydrogens is 454 g/mol. The number of hydrogen-bond acceptors (Lipinski definition) is 6. The molecule has 1 atom stereocenters. The molecule has 1 unspecified atom stereocenters. The molecule has 1 saturated heterocycles.